The number of benzene rings is 2. The zero-order valence-electron chi connectivity index (χ0n) is 18.9. The second-order valence-electron chi connectivity index (χ2n) is 7.62. The summed E-state index contributed by atoms with van der Waals surface area (Å²) in [6, 6.07) is 11.2. The van der Waals surface area contributed by atoms with Gasteiger partial charge in [-0.25, -0.2) is 4.98 Å². The van der Waals surface area contributed by atoms with Crippen LogP contribution in [0.4, 0.5) is 10.8 Å². The Kier molecular flexibility index (Phi) is 6.50. The molecular weight excluding hydrogens is 442 g/mol. The van der Waals surface area contributed by atoms with Crippen molar-refractivity contribution in [3.05, 3.63) is 47.3 Å². The Hall–Kier alpha value is -3.59. The van der Waals surface area contributed by atoms with Crippen molar-refractivity contribution in [3.8, 4) is 28.5 Å². The van der Waals surface area contributed by atoms with Crippen molar-refractivity contribution in [1.29, 1.82) is 0 Å². The lowest BCUT2D eigenvalue weighted by Gasteiger charge is -2.30. The van der Waals surface area contributed by atoms with Crippen molar-refractivity contribution in [3.63, 3.8) is 0 Å². The maximum absolute atomic E-state index is 12.4. The molecule has 0 saturated heterocycles. The highest BCUT2D eigenvalue weighted by Crippen LogP contribution is 2.37. The van der Waals surface area contributed by atoms with E-state index in [4.69, 9.17) is 14.2 Å². The van der Waals surface area contributed by atoms with Gasteiger partial charge in [0.1, 0.15) is 5.75 Å². The number of hydrogen-bond acceptors (Lipinski definition) is 7. The van der Waals surface area contributed by atoms with E-state index in [1.165, 1.54) is 11.3 Å². The molecule has 3 aromatic rings. The third kappa shape index (κ3) is 4.78. The highest BCUT2D eigenvalue weighted by atomic mass is 32.1. The number of nitrogens with zero attached hydrogens (tertiary/aromatic N) is 2. The van der Waals surface area contributed by atoms with Crippen LogP contribution in [0.3, 0.4) is 0 Å². The molecule has 0 aliphatic carbocycles. The van der Waals surface area contributed by atoms with Crippen LogP contribution in [0.25, 0.3) is 11.3 Å². The van der Waals surface area contributed by atoms with E-state index >= 15 is 0 Å². The lowest BCUT2D eigenvalue weighted by Crippen LogP contribution is -2.41. The average Bonchev–Trinajstić information content (AvgIpc) is 3.29. The van der Waals surface area contributed by atoms with E-state index in [9.17, 15) is 9.59 Å². The molecule has 2 heterocycles. The maximum Gasteiger partial charge on any atom is 0.267 e. The van der Waals surface area contributed by atoms with Gasteiger partial charge in [0.15, 0.2) is 22.7 Å². The predicted octanol–water partition coefficient (Wildman–Crippen LogP) is 4.14. The van der Waals surface area contributed by atoms with E-state index in [1.807, 2.05) is 41.8 Å². The van der Waals surface area contributed by atoms with Crippen LogP contribution < -0.4 is 24.4 Å². The van der Waals surface area contributed by atoms with Crippen molar-refractivity contribution in [2.45, 2.75) is 25.9 Å². The zero-order chi connectivity index (χ0) is 23.5. The number of amides is 2. The molecule has 1 atom stereocenters. The van der Waals surface area contributed by atoms with Gasteiger partial charge in [-0.05, 0) is 49.2 Å². The van der Waals surface area contributed by atoms with E-state index in [1.54, 1.807) is 33.1 Å². The second-order valence-corrected chi connectivity index (χ2v) is 8.47. The molecule has 1 N–H and O–H groups in total. The molecule has 33 heavy (non-hydrogen) atoms. The smallest absolute Gasteiger partial charge is 0.267 e. The number of thiazole rings is 1. The number of carbonyl (C=O) groups excluding carboxylic acids is 2. The molecule has 8 nitrogen and oxygen atoms in total. The summed E-state index contributed by atoms with van der Waals surface area (Å²) in [7, 11) is 4.90. The quantitative estimate of drug-likeness (QED) is 0.562. The van der Waals surface area contributed by atoms with Gasteiger partial charge < -0.3 is 24.4 Å². The molecule has 0 saturated carbocycles. The van der Waals surface area contributed by atoms with Crippen molar-refractivity contribution in [2.75, 3.05) is 31.5 Å². The Morgan fingerprint density at radius 2 is 1.97 bits per heavy atom. The molecule has 2 amide bonds. The Morgan fingerprint density at radius 3 is 2.73 bits per heavy atom. The summed E-state index contributed by atoms with van der Waals surface area (Å²) in [5, 5.41) is 5.26. The minimum Gasteiger partial charge on any atom is -0.493 e. The van der Waals surface area contributed by atoms with Gasteiger partial charge in [0.05, 0.1) is 25.6 Å². The third-order valence-electron chi connectivity index (χ3n) is 5.44. The summed E-state index contributed by atoms with van der Waals surface area (Å²) < 4.78 is 16.2. The van der Waals surface area contributed by atoms with E-state index < -0.39 is 6.10 Å². The molecule has 4 rings (SSSR count). The molecule has 0 fully saturated rings. The number of anilines is 2. The van der Waals surface area contributed by atoms with Gasteiger partial charge in [0.2, 0.25) is 5.91 Å². The average molecular weight is 468 g/mol. The van der Waals surface area contributed by atoms with E-state index in [-0.39, 0.29) is 11.8 Å². The standard InChI is InChI=1S/C24H25N3O5S/c1-14-23(29)27(2)18-12-16(7-9-19(18)32-14)17-13-33-24(25-17)26-22(28)10-6-15-5-8-20(30-3)21(11-15)31-4/h5,7-9,11-14H,6,10H2,1-4H3,(H,25,26,28). The molecule has 172 valence electrons. The highest BCUT2D eigenvalue weighted by Gasteiger charge is 2.29. The number of rotatable bonds is 7. The Labute approximate surface area is 196 Å². The molecule has 2 aromatic carbocycles. The van der Waals surface area contributed by atoms with Crippen molar-refractivity contribution in [2.24, 2.45) is 0 Å². The fraction of sp³-hybridized carbons (Fsp3) is 0.292. The molecule has 0 spiro atoms. The topological polar surface area (TPSA) is 90.0 Å². The first-order valence-electron chi connectivity index (χ1n) is 10.4. The fourth-order valence-electron chi connectivity index (χ4n) is 3.61. The summed E-state index contributed by atoms with van der Waals surface area (Å²) in [4.78, 5) is 30.8. The number of carbonyl (C=O) groups is 2. The Bertz CT molecular complexity index is 1190. The van der Waals surface area contributed by atoms with Gasteiger partial charge in [-0.2, -0.15) is 0 Å². The van der Waals surface area contributed by atoms with Crippen LogP contribution in [-0.2, 0) is 16.0 Å². The predicted molar refractivity (Wildman–Crippen MR) is 128 cm³/mol. The van der Waals surface area contributed by atoms with Crippen molar-refractivity contribution in [1.82, 2.24) is 4.98 Å². The van der Waals surface area contributed by atoms with Gasteiger partial charge in [-0.3, -0.25) is 9.59 Å². The number of hydrogen-bond donors (Lipinski definition) is 1. The Balaban J connectivity index is 1.40. The van der Waals surface area contributed by atoms with Crippen LogP contribution in [0.15, 0.2) is 41.8 Å². The van der Waals surface area contributed by atoms with Gasteiger partial charge in [0, 0.05) is 24.4 Å². The third-order valence-corrected chi connectivity index (χ3v) is 6.20. The molecule has 1 aliphatic heterocycles. The van der Waals surface area contributed by atoms with Crippen LogP contribution in [0.1, 0.15) is 18.9 Å². The lowest BCUT2D eigenvalue weighted by molar-refractivity contribution is -0.125. The summed E-state index contributed by atoms with van der Waals surface area (Å²) >= 11 is 1.35. The van der Waals surface area contributed by atoms with Crippen LogP contribution in [0.5, 0.6) is 17.2 Å². The molecule has 0 bridgehead atoms. The van der Waals surface area contributed by atoms with E-state index in [2.05, 4.69) is 10.3 Å². The van der Waals surface area contributed by atoms with Gasteiger partial charge in [0.25, 0.3) is 5.91 Å². The molecule has 9 heteroatoms. The minimum absolute atomic E-state index is 0.0969. The first kappa shape index (κ1) is 22.6. The van der Waals surface area contributed by atoms with Gasteiger partial charge >= 0.3 is 0 Å². The van der Waals surface area contributed by atoms with E-state index in [0.29, 0.717) is 40.9 Å². The molecule has 1 unspecified atom stereocenters. The summed E-state index contributed by atoms with van der Waals surface area (Å²) in [5.74, 6) is 1.73. The Morgan fingerprint density at radius 1 is 1.18 bits per heavy atom. The number of aryl methyl sites for hydroxylation is 1. The number of aromatic nitrogens is 1. The number of fused-ring (bicyclic) bond motifs is 1. The van der Waals surface area contributed by atoms with Crippen LogP contribution in [-0.4, -0.2) is 44.2 Å². The molecular formula is C24H25N3O5S. The van der Waals surface area contributed by atoms with Crippen molar-refractivity contribution >= 4 is 34.0 Å². The zero-order valence-corrected chi connectivity index (χ0v) is 19.7. The first-order valence-corrected chi connectivity index (χ1v) is 11.3. The summed E-state index contributed by atoms with van der Waals surface area (Å²) in [5.41, 5.74) is 3.24. The lowest BCUT2D eigenvalue weighted by atomic mass is 10.1. The normalized spacial score (nSPS) is 15.0. The van der Waals surface area contributed by atoms with Crippen LogP contribution in [0, 0.1) is 0 Å². The fourth-order valence-corrected chi connectivity index (χ4v) is 4.35. The summed E-state index contributed by atoms with van der Waals surface area (Å²) in [6.45, 7) is 1.73. The van der Waals surface area contributed by atoms with E-state index in [0.717, 1.165) is 16.8 Å². The van der Waals surface area contributed by atoms with Crippen molar-refractivity contribution < 1.29 is 23.8 Å². The number of ether oxygens (including phenoxy) is 3. The molecule has 1 aromatic heterocycles. The monoisotopic (exact) mass is 467 g/mol. The van der Waals surface area contributed by atoms with Gasteiger partial charge in [-0.15, -0.1) is 11.3 Å². The van der Waals surface area contributed by atoms with Crippen LogP contribution >= 0.6 is 11.3 Å². The largest absolute Gasteiger partial charge is 0.493 e. The maximum atomic E-state index is 12.4. The number of likely N-dealkylation sites (N-methyl/N-ethyl adjacent to an activating group) is 1. The molecule has 1 aliphatic rings. The number of nitrogens with one attached hydrogen (secondary N) is 1. The number of methoxy groups -OCH3 is 2. The minimum atomic E-state index is -0.506. The summed E-state index contributed by atoms with van der Waals surface area (Å²) in [6.07, 6.45) is 0.369. The van der Waals surface area contributed by atoms with Crippen LogP contribution in [0.2, 0.25) is 0 Å². The molecule has 0 radical (unpaired) electrons. The second kappa shape index (κ2) is 9.50. The SMILES string of the molecule is COc1ccc(CCC(=O)Nc2nc(-c3ccc4c(c3)N(C)C(=O)C(C)O4)cs2)cc1OC. The first-order chi connectivity index (χ1) is 15.9. The highest BCUT2D eigenvalue weighted by molar-refractivity contribution is 7.14. The van der Waals surface area contributed by atoms with Gasteiger partial charge in [-0.1, -0.05) is 6.07 Å².